The Kier molecular flexibility index (Phi) is 17.6. The Labute approximate surface area is 702 Å². The van der Waals surface area contributed by atoms with Crippen LogP contribution in [-0.4, -0.2) is 6.71 Å². The Hall–Kier alpha value is -13.6. The van der Waals surface area contributed by atoms with E-state index in [9.17, 15) is 0 Å². The Morgan fingerprint density at radius 1 is 0.235 bits per heavy atom. The highest BCUT2D eigenvalue weighted by molar-refractivity contribution is 7.26. The maximum atomic E-state index is 7.04. The molecule has 3 nitrogen and oxygen atoms in total. The first-order chi connectivity index (χ1) is 57.9. The van der Waals surface area contributed by atoms with Crippen molar-refractivity contribution in [2.24, 2.45) is 0 Å². The van der Waals surface area contributed by atoms with Gasteiger partial charge in [-0.15, -0.1) is 11.3 Å². The SMILES string of the molecule is CC(C)(C)c1cc(-c2ccccc2)c(N2c3cc(-c4cc(-c5ccccc5)cc(-c5ccccc5)c4)ccc3B3c4ccc(-c5ccc(-c6ccccc6)cc5-c5ccccc5)cc4N(c4c(-c5cccc6oc7ccccc7c56)cc(C(C)(C)C)cc4-c4cccc5sc6ccccc6c45)c4cc(C(C)(C)C)cc2c43)c(-c2ccccc2)c1. The topological polar surface area (TPSA) is 19.6 Å². The fourth-order valence-corrected chi connectivity index (χ4v) is 19.9. The van der Waals surface area contributed by atoms with Crippen LogP contribution in [0.5, 0.6) is 0 Å². The van der Waals surface area contributed by atoms with Crippen LogP contribution in [0.3, 0.4) is 0 Å². The number of benzene rings is 17. The summed E-state index contributed by atoms with van der Waals surface area (Å²) in [5.74, 6) is 0. The van der Waals surface area contributed by atoms with Crippen LogP contribution in [0.4, 0.5) is 34.1 Å². The highest BCUT2D eigenvalue weighted by atomic mass is 32.1. The normalized spacial score (nSPS) is 12.7. The van der Waals surface area contributed by atoms with Crippen LogP contribution in [0.25, 0.3) is 153 Å². The van der Waals surface area contributed by atoms with E-state index in [2.05, 4.69) is 448 Å². The van der Waals surface area contributed by atoms with Gasteiger partial charge in [0.15, 0.2) is 0 Å². The third-order valence-corrected chi connectivity index (χ3v) is 26.0. The molecular weight excluding hydrogens is 1460 g/mol. The van der Waals surface area contributed by atoms with E-state index in [4.69, 9.17) is 4.42 Å². The number of hydrogen-bond acceptors (Lipinski definition) is 4. The number of thiophene rings is 1. The van der Waals surface area contributed by atoms with Crippen molar-refractivity contribution >= 4 is 111 Å². The molecule has 0 saturated carbocycles. The molecule has 2 aliphatic rings. The predicted octanol–water partition coefficient (Wildman–Crippen LogP) is 30.6. The van der Waals surface area contributed by atoms with Crippen LogP contribution in [0, 0.1) is 0 Å². The van der Waals surface area contributed by atoms with Crippen LogP contribution >= 0.6 is 11.3 Å². The van der Waals surface area contributed by atoms with Gasteiger partial charge in [-0.25, -0.2) is 0 Å². The van der Waals surface area contributed by atoms with Crippen LogP contribution in [0.1, 0.15) is 79.0 Å². The minimum atomic E-state index is -0.399. The average molecular weight is 1550 g/mol. The number of para-hydroxylation sites is 1. The second-order valence-electron chi connectivity index (χ2n) is 35.5. The highest BCUT2D eigenvalue weighted by Gasteiger charge is 2.47. The van der Waals surface area contributed by atoms with Crippen molar-refractivity contribution in [3.63, 3.8) is 0 Å². The average Bonchev–Trinajstić information content (AvgIpc) is 0.783. The predicted molar refractivity (Wildman–Crippen MR) is 511 cm³/mol. The molecule has 21 rings (SSSR count). The van der Waals surface area contributed by atoms with E-state index in [0.717, 1.165) is 145 Å². The molecule has 0 bridgehead atoms. The fourth-order valence-electron chi connectivity index (χ4n) is 18.8. The Morgan fingerprint density at radius 2 is 0.613 bits per heavy atom. The molecule has 0 aliphatic carbocycles. The molecule has 0 amide bonds. The van der Waals surface area contributed by atoms with Crippen molar-refractivity contribution in [1.82, 2.24) is 0 Å². The van der Waals surface area contributed by atoms with Gasteiger partial charge in [0.2, 0.25) is 0 Å². The quantitative estimate of drug-likeness (QED) is 0.114. The number of hydrogen-bond donors (Lipinski definition) is 0. The Balaban J connectivity index is 0.952. The molecule has 0 radical (unpaired) electrons. The summed E-state index contributed by atoms with van der Waals surface area (Å²) in [5.41, 5.74) is 37.8. The fraction of sp³-hybridized carbons (Fsp3) is 0.105. The van der Waals surface area contributed by atoms with Crippen LogP contribution in [-0.2, 0) is 16.2 Å². The van der Waals surface area contributed by atoms with Gasteiger partial charge in [-0.3, -0.25) is 0 Å². The van der Waals surface area contributed by atoms with Gasteiger partial charge in [-0.2, -0.15) is 0 Å². The zero-order valence-corrected chi connectivity index (χ0v) is 69.4. The summed E-state index contributed by atoms with van der Waals surface area (Å²) in [7, 11) is 0. The van der Waals surface area contributed by atoms with E-state index in [1.165, 1.54) is 75.5 Å². The number of nitrogens with zero attached hydrogens (tertiary/aromatic N) is 2. The van der Waals surface area contributed by atoms with Gasteiger partial charge in [0.25, 0.3) is 6.71 Å². The van der Waals surface area contributed by atoms with Crippen molar-refractivity contribution in [2.45, 2.75) is 78.6 Å². The molecule has 19 aromatic rings. The van der Waals surface area contributed by atoms with Crippen molar-refractivity contribution < 1.29 is 4.42 Å². The summed E-state index contributed by atoms with van der Waals surface area (Å²) < 4.78 is 9.55. The van der Waals surface area contributed by atoms with Gasteiger partial charge in [0.1, 0.15) is 11.2 Å². The molecule has 17 aromatic carbocycles. The molecule has 0 unspecified atom stereocenters. The van der Waals surface area contributed by atoms with Crippen molar-refractivity contribution in [1.29, 1.82) is 0 Å². The monoisotopic (exact) mass is 1540 g/mol. The van der Waals surface area contributed by atoms with Gasteiger partial charge < -0.3 is 14.2 Å². The smallest absolute Gasteiger partial charge is 0.252 e. The molecule has 5 heteroatoms. The maximum absolute atomic E-state index is 7.04. The largest absolute Gasteiger partial charge is 0.456 e. The van der Waals surface area contributed by atoms with E-state index in [0.29, 0.717) is 0 Å². The molecule has 0 saturated heterocycles. The van der Waals surface area contributed by atoms with E-state index < -0.39 is 5.41 Å². The number of rotatable bonds is 12. The molecule has 0 spiro atoms. The molecule has 0 atom stereocenters. The standard InChI is InChI=1S/C114H89BN2OS/c1-112(2,3)84-66-93(76-42-24-14-25-43-76)110(94(67-84)77-44-26-15-27-45-77)116-99-64-79(83-61-81(73-36-18-11-19-37-73)60-82(62-83)74-38-20-12-21-39-74)55-58-97(99)115-98-59-56-80(87-57-54-78(72-34-16-10-17-35-72)63-92(87)75-40-22-13-23-41-75)65-100(98)117(102-71-86(114(7,8)9)70-101(116)109(102)115)111-95(88-48-32-51-104-107(88)90-46-28-30-50-103(90)118-104)68-85(113(4,5)6)69-96(111)89-49-33-53-106-108(89)91-47-29-31-52-105(91)119-106/h10-71H,1-9H3. The van der Waals surface area contributed by atoms with Gasteiger partial charge in [0, 0.05) is 75.9 Å². The van der Waals surface area contributed by atoms with Gasteiger partial charge >= 0.3 is 0 Å². The Bertz CT molecular complexity index is 6950. The molecular formula is C114H89BN2OS. The van der Waals surface area contributed by atoms with Crippen LogP contribution in [0.2, 0.25) is 0 Å². The third kappa shape index (κ3) is 12.7. The van der Waals surface area contributed by atoms with Gasteiger partial charge in [-0.05, 0) is 235 Å². The highest BCUT2D eigenvalue weighted by Crippen LogP contribution is 2.58. The summed E-state index contributed by atoms with van der Waals surface area (Å²) in [4.78, 5) is 5.53. The summed E-state index contributed by atoms with van der Waals surface area (Å²) in [6, 6.07) is 142. The Morgan fingerprint density at radius 3 is 1.14 bits per heavy atom. The molecule has 570 valence electrons. The van der Waals surface area contributed by atoms with E-state index in [-0.39, 0.29) is 17.5 Å². The van der Waals surface area contributed by atoms with Crippen molar-refractivity contribution in [3.05, 3.63) is 393 Å². The molecule has 2 aliphatic heterocycles. The lowest BCUT2D eigenvalue weighted by molar-refractivity contribution is 0.590. The van der Waals surface area contributed by atoms with Crippen LogP contribution in [0.15, 0.2) is 381 Å². The number of furan rings is 1. The van der Waals surface area contributed by atoms with E-state index in [1.807, 2.05) is 11.3 Å². The lowest BCUT2D eigenvalue weighted by Gasteiger charge is -2.47. The zero-order chi connectivity index (χ0) is 80.6. The molecule has 4 heterocycles. The minimum Gasteiger partial charge on any atom is -0.456 e. The number of fused-ring (bicyclic) bond motifs is 10. The lowest BCUT2D eigenvalue weighted by atomic mass is 9.33. The maximum Gasteiger partial charge on any atom is 0.252 e. The first-order valence-corrected chi connectivity index (χ1v) is 42.6. The van der Waals surface area contributed by atoms with Crippen molar-refractivity contribution in [2.75, 3.05) is 9.80 Å². The second kappa shape index (κ2) is 28.7. The third-order valence-electron chi connectivity index (χ3n) is 24.9. The van der Waals surface area contributed by atoms with Crippen molar-refractivity contribution in [3.8, 4) is 111 Å². The first-order valence-electron chi connectivity index (χ1n) is 41.8. The van der Waals surface area contributed by atoms with E-state index >= 15 is 0 Å². The first kappa shape index (κ1) is 73.1. The second-order valence-corrected chi connectivity index (χ2v) is 36.6. The summed E-state index contributed by atoms with van der Waals surface area (Å²) in [6.45, 7) is 21.2. The van der Waals surface area contributed by atoms with Gasteiger partial charge in [-0.1, -0.05) is 341 Å². The van der Waals surface area contributed by atoms with E-state index in [1.54, 1.807) is 0 Å². The zero-order valence-electron chi connectivity index (χ0n) is 68.6. The molecule has 119 heavy (non-hydrogen) atoms. The summed E-state index contributed by atoms with van der Waals surface area (Å²) in [5, 5.41) is 4.66. The minimum absolute atomic E-state index is 0.227. The summed E-state index contributed by atoms with van der Waals surface area (Å²) >= 11 is 1.88. The lowest BCUT2D eigenvalue weighted by Crippen LogP contribution is -2.61. The number of anilines is 6. The van der Waals surface area contributed by atoms with Crippen LogP contribution < -0.4 is 26.2 Å². The molecule has 2 aromatic heterocycles. The van der Waals surface area contributed by atoms with Gasteiger partial charge in [0.05, 0.1) is 11.4 Å². The summed E-state index contributed by atoms with van der Waals surface area (Å²) in [6.07, 6.45) is 0. The molecule has 0 N–H and O–H groups in total. The molecule has 0 fully saturated rings.